The molecule has 0 aromatic heterocycles. The second-order valence-corrected chi connectivity index (χ2v) is 7.58. The highest BCUT2D eigenvalue weighted by Crippen LogP contribution is 2.33. The van der Waals surface area contributed by atoms with Crippen LogP contribution in [0.25, 0.3) is 0 Å². The zero-order valence-corrected chi connectivity index (χ0v) is 13.3. The quantitative estimate of drug-likeness (QED) is 0.585. The second kappa shape index (κ2) is 6.81. The van der Waals surface area contributed by atoms with Crippen molar-refractivity contribution in [2.75, 3.05) is 26.2 Å². The normalized spacial score (nSPS) is 40.0. The van der Waals surface area contributed by atoms with Crippen LogP contribution in [0.4, 0.5) is 0 Å². The predicted octanol–water partition coefficient (Wildman–Crippen LogP) is 2.42. The molecule has 2 fully saturated rings. The average Bonchev–Trinajstić information content (AvgIpc) is 2.23. The first-order chi connectivity index (χ1) is 8.52. The van der Waals surface area contributed by atoms with Crippen LogP contribution >= 0.6 is 22.0 Å². The van der Waals surface area contributed by atoms with E-state index in [4.69, 9.17) is 9.47 Å². The number of ether oxygens (including phenoxy) is 2. The zero-order chi connectivity index (χ0) is 13.1. The van der Waals surface area contributed by atoms with E-state index >= 15 is 0 Å². The Morgan fingerprint density at radius 2 is 0.944 bits per heavy atom. The summed E-state index contributed by atoms with van der Waals surface area (Å²) in [4.78, 5) is 0. The summed E-state index contributed by atoms with van der Waals surface area (Å²) < 4.78 is 16.3. The van der Waals surface area contributed by atoms with Gasteiger partial charge in [0.15, 0.2) is 0 Å². The second-order valence-electron chi connectivity index (χ2n) is 5.36. The van der Waals surface area contributed by atoms with E-state index < -0.39 is 0 Å². The van der Waals surface area contributed by atoms with Gasteiger partial charge in [-0.25, -0.2) is 8.61 Å². The van der Waals surface area contributed by atoms with E-state index in [-0.39, 0.29) is 0 Å². The molecule has 2 aliphatic heterocycles. The van der Waals surface area contributed by atoms with E-state index in [2.05, 4.69) is 36.3 Å². The van der Waals surface area contributed by atoms with E-state index in [1.807, 2.05) is 22.0 Å². The van der Waals surface area contributed by atoms with Crippen molar-refractivity contribution >= 4 is 22.0 Å². The van der Waals surface area contributed by atoms with Gasteiger partial charge in [-0.2, -0.15) is 0 Å². The van der Waals surface area contributed by atoms with Gasteiger partial charge in [-0.1, -0.05) is 0 Å². The molecule has 0 N–H and O–H groups in total. The van der Waals surface area contributed by atoms with E-state index in [0.717, 1.165) is 26.2 Å². The maximum atomic E-state index is 5.74. The minimum absolute atomic E-state index is 0.337. The summed E-state index contributed by atoms with van der Waals surface area (Å²) in [5.41, 5.74) is 0. The smallest absolute Gasteiger partial charge is 0.0687 e. The fraction of sp³-hybridized carbons (Fsp3) is 1.00. The van der Waals surface area contributed by atoms with Gasteiger partial charge in [0.05, 0.1) is 24.4 Å². The van der Waals surface area contributed by atoms with Crippen molar-refractivity contribution in [1.29, 1.82) is 0 Å². The van der Waals surface area contributed by atoms with Crippen molar-refractivity contribution in [3.8, 4) is 0 Å². The van der Waals surface area contributed by atoms with Crippen LogP contribution in [0.15, 0.2) is 0 Å². The predicted molar refractivity (Wildman–Crippen MR) is 78.3 cm³/mol. The Morgan fingerprint density at radius 1 is 0.667 bits per heavy atom. The average molecular weight is 292 g/mol. The molecule has 0 aliphatic carbocycles. The number of morpholine rings is 2. The Kier molecular flexibility index (Phi) is 5.65. The lowest BCUT2D eigenvalue weighted by molar-refractivity contribution is -0.0424. The van der Waals surface area contributed by atoms with Gasteiger partial charge in [-0.05, 0) is 27.7 Å². The van der Waals surface area contributed by atoms with Gasteiger partial charge in [0.25, 0.3) is 0 Å². The van der Waals surface area contributed by atoms with Crippen LogP contribution in [0.1, 0.15) is 27.7 Å². The number of rotatable bonds is 3. The summed E-state index contributed by atoms with van der Waals surface area (Å²) in [6, 6.07) is 0. The molecule has 106 valence electrons. The molecular weight excluding hydrogens is 268 g/mol. The van der Waals surface area contributed by atoms with Gasteiger partial charge >= 0.3 is 0 Å². The topological polar surface area (TPSA) is 24.9 Å². The van der Waals surface area contributed by atoms with Crippen molar-refractivity contribution in [1.82, 2.24) is 8.61 Å². The molecule has 4 atom stereocenters. The first-order valence-electron chi connectivity index (χ1n) is 6.68. The fourth-order valence-corrected chi connectivity index (χ4v) is 5.05. The molecule has 0 saturated carbocycles. The lowest BCUT2D eigenvalue weighted by Gasteiger charge is -2.37. The maximum absolute atomic E-state index is 5.74. The third-order valence-electron chi connectivity index (χ3n) is 3.02. The van der Waals surface area contributed by atoms with Crippen LogP contribution in [0, 0.1) is 0 Å². The number of hydrogen-bond acceptors (Lipinski definition) is 6. The van der Waals surface area contributed by atoms with Crippen molar-refractivity contribution in [2.45, 2.75) is 52.1 Å². The van der Waals surface area contributed by atoms with Crippen LogP contribution in [0.5, 0.6) is 0 Å². The highest BCUT2D eigenvalue weighted by Gasteiger charge is 2.26. The van der Waals surface area contributed by atoms with E-state index in [0.29, 0.717) is 24.4 Å². The van der Waals surface area contributed by atoms with Gasteiger partial charge in [-0.15, -0.1) is 0 Å². The summed E-state index contributed by atoms with van der Waals surface area (Å²) in [6.07, 6.45) is 1.35. The highest BCUT2D eigenvalue weighted by atomic mass is 33.1. The molecule has 18 heavy (non-hydrogen) atoms. The minimum atomic E-state index is 0.337. The molecule has 0 radical (unpaired) electrons. The Bertz CT molecular complexity index is 224. The molecule has 0 aromatic rings. The molecule has 0 amide bonds. The first-order valence-corrected chi connectivity index (χ1v) is 8.75. The Balaban J connectivity index is 1.73. The standard InChI is InChI=1S/C12H24N2O2S2/c1-9-5-13(6-10(2)15-9)17-18-14-7-11(3)16-12(4)8-14/h9-12H,5-8H2,1-4H3. The first kappa shape index (κ1) is 14.9. The highest BCUT2D eigenvalue weighted by molar-refractivity contribution is 8.74. The molecule has 0 aromatic carbocycles. The van der Waals surface area contributed by atoms with Gasteiger partial charge in [0.1, 0.15) is 0 Å². The van der Waals surface area contributed by atoms with Crippen LogP contribution < -0.4 is 0 Å². The number of hydrogen-bond donors (Lipinski definition) is 0. The third-order valence-corrected chi connectivity index (χ3v) is 5.57. The summed E-state index contributed by atoms with van der Waals surface area (Å²) >= 11 is 0. The van der Waals surface area contributed by atoms with Gasteiger partial charge in [-0.3, -0.25) is 0 Å². The van der Waals surface area contributed by atoms with Crippen LogP contribution in [0.3, 0.4) is 0 Å². The molecule has 0 bridgehead atoms. The third kappa shape index (κ3) is 4.58. The van der Waals surface area contributed by atoms with Crippen LogP contribution in [-0.2, 0) is 9.47 Å². The van der Waals surface area contributed by atoms with E-state index in [1.165, 1.54) is 0 Å². The number of nitrogens with zero attached hydrogens (tertiary/aromatic N) is 2. The van der Waals surface area contributed by atoms with Crippen molar-refractivity contribution in [2.24, 2.45) is 0 Å². The van der Waals surface area contributed by atoms with Crippen molar-refractivity contribution in [3.05, 3.63) is 0 Å². The fourth-order valence-electron chi connectivity index (χ4n) is 2.48. The van der Waals surface area contributed by atoms with Crippen molar-refractivity contribution < 1.29 is 9.47 Å². The van der Waals surface area contributed by atoms with Gasteiger partial charge in [0.2, 0.25) is 0 Å². The lowest BCUT2D eigenvalue weighted by Crippen LogP contribution is -2.43. The van der Waals surface area contributed by atoms with Gasteiger partial charge < -0.3 is 9.47 Å². The Morgan fingerprint density at radius 3 is 1.22 bits per heavy atom. The molecule has 4 unspecified atom stereocenters. The Labute approximate surface area is 118 Å². The maximum Gasteiger partial charge on any atom is 0.0687 e. The van der Waals surface area contributed by atoms with Crippen LogP contribution in [-0.4, -0.2) is 59.2 Å². The summed E-state index contributed by atoms with van der Waals surface area (Å²) in [5, 5.41) is 0. The molecule has 2 heterocycles. The zero-order valence-electron chi connectivity index (χ0n) is 11.7. The summed E-state index contributed by atoms with van der Waals surface area (Å²) in [5.74, 6) is 0. The largest absolute Gasteiger partial charge is 0.373 e. The Hall–Kier alpha value is 0.540. The molecular formula is C12H24N2O2S2. The lowest BCUT2D eigenvalue weighted by atomic mass is 10.3. The van der Waals surface area contributed by atoms with Crippen molar-refractivity contribution in [3.63, 3.8) is 0 Å². The summed E-state index contributed by atoms with van der Waals surface area (Å²) in [7, 11) is 3.71. The SMILES string of the molecule is CC1CN(SSN2CC(C)OC(C)C2)CC(C)O1. The van der Waals surface area contributed by atoms with Crippen LogP contribution in [0.2, 0.25) is 0 Å². The molecule has 4 nitrogen and oxygen atoms in total. The molecule has 2 rings (SSSR count). The molecule has 2 saturated heterocycles. The molecule has 0 spiro atoms. The summed E-state index contributed by atoms with van der Waals surface area (Å²) in [6.45, 7) is 12.6. The monoisotopic (exact) mass is 292 g/mol. The van der Waals surface area contributed by atoms with Gasteiger partial charge in [0, 0.05) is 48.1 Å². The molecule has 6 heteroatoms. The van der Waals surface area contributed by atoms with E-state index in [9.17, 15) is 0 Å². The van der Waals surface area contributed by atoms with E-state index in [1.54, 1.807) is 0 Å². The minimum Gasteiger partial charge on any atom is -0.373 e. The molecule has 2 aliphatic rings.